The third-order valence-electron chi connectivity index (χ3n) is 22.1. The molecule has 16 aromatic rings. The van der Waals surface area contributed by atoms with Gasteiger partial charge >= 0.3 is 0 Å². The smallest absolute Gasteiger partial charge is 0.252 e. The van der Waals surface area contributed by atoms with Crippen molar-refractivity contribution in [3.05, 3.63) is 369 Å². The van der Waals surface area contributed by atoms with E-state index in [2.05, 4.69) is 433 Å². The number of hydrogen-bond acceptors (Lipinski definition) is 3. The second-order valence-electron chi connectivity index (χ2n) is 32.2. The lowest BCUT2D eigenvalue weighted by Crippen LogP contribution is -2.61. The highest BCUT2D eigenvalue weighted by molar-refractivity contribution is 7.00. The Bertz CT molecular complexity index is 5860. The molecule has 5 heteroatoms. The van der Waals surface area contributed by atoms with Crippen LogP contribution in [0.25, 0.3) is 94.3 Å². The number of anilines is 9. The molecule has 0 bridgehead atoms. The molecule has 0 saturated carbocycles. The SMILES string of the molecule is CC(C)(C)c1cc(-c2ccc3c(c2)N(c2c(-c4ccccc4)cc(C(C)(C)C)cc2-c2ccccc2)c2cc(-n4c5ccccc5c5cc(N(c6ccccc6)c6ccccc6)ccc54)cc4c2B3c2ccc(-c3ccccc3)cc2N4c2cc(-c3ccccc3)cc(-c3ccccc3)c2)cc(C(C)(C)C)c1. The van der Waals surface area contributed by atoms with E-state index in [9.17, 15) is 0 Å². The minimum Gasteiger partial charge on any atom is -0.311 e. The van der Waals surface area contributed by atoms with Crippen molar-refractivity contribution in [1.29, 1.82) is 0 Å². The Labute approximate surface area is 630 Å². The maximum Gasteiger partial charge on any atom is 0.252 e. The lowest BCUT2D eigenvalue weighted by Gasteiger charge is -2.45. The van der Waals surface area contributed by atoms with Crippen LogP contribution in [0.15, 0.2) is 352 Å². The molecular weight excluding hydrogens is 1290 g/mol. The Morgan fingerprint density at radius 1 is 0.252 bits per heavy atom. The first-order valence-electron chi connectivity index (χ1n) is 37.7. The van der Waals surface area contributed by atoms with E-state index < -0.39 is 0 Å². The van der Waals surface area contributed by atoms with Gasteiger partial charge in [0.1, 0.15) is 0 Å². The lowest BCUT2D eigenvalue weighted by molar-refractivity contribution is 0.569. The van der Waals surface area contributed by atoms with E-state index in [-0.39, 0.29) is 23.0 Å². The quantitative estimate of drug-likeness (QED) is 0.113. The van der Waals surface area contributed by atoms with Crippen LogP contribution in [0, 0.1) is 0 Å². The van der Waals surface area contributed by atoms with Gasteiger partial charge in [0.15, 0.2) is 0 Å². The van der Waals surface area contributed by atoms with Crippen LogP contribution in [0.3, 0.4) is 0 Å². The normalized spacial score (nSPS) is 12.7. The average Bonchev–Trinajstić information content (AvgIpc) is 1.63. The minimum atomic E-state index is -0.237. The molecule has 0 aliphatic carbocycles. The van der Waals surface area contributed by atoms with E-state index >= 15 is 0 Å². The molecule has 15 aromatic carbocycles. The summed E-state index contributed by atoms with van der Waals surface area (Å²) >= 11 is 0. The lowest BCUT2D eigenvalue weighted by atomic mass is 9.33. The van der Waals surface area contributed by atoms with Gasteiger partial charge in [-0.25, -0.2) is 0 Å². The van der Waals surface area contributed by atoms with Gasteiger partial charge in [-0.15, -0.1) is 0 Å². The van der Waals surface area contributed by atoms with E-state index in [4.69, 9.17) is 0 Å². The summed E-state index contributed by atoms with van der Waals surface area (Å²) in [6.07, 6.45) is 0. The first kappa shape index (κ1) is 66.5. The summed E-state index contributed by atoms with van der Waals surface area (Å²) < 4.78 is 2.56. The second kappa shape index (κ2) is 26.3. The standard InChI is InChI=1S/C102H85BN4/c1-100(2,3)78-56-77(57-79(62-78)101(4,5)6)74-50-53-91-95(61-74)107(99-87(71-39-23-13-24-40-71)63-80(102(7,8)9)64-88(99)72-41-25-14-26-42-72)97-67-85(105-92-48-32-31-47-86(92)89-65-83(51-54-93(89)105)104(81-43-27-15-28-44-81)82-45-29-16-30-46-82)66-96-98(97)103(91)90-52-49-73(68-33-17-10-18-34-68)60-94(90)106(96)84-58-75(69-35-19-11-20-36-69)55-76(59-84)70-37-21-12-22-38-70/h10-67H,1-9H3. The number of nitrogens with zero attached hydrogens (tertiary/aromatic N) is 4. The second-order valence-corrected chi connectivity index (χ2v) is 32.2. The van der Waals surface area contributed by atoms with Crippen LogP contribution in [0.5, 0.6) is 0 Å². The predicted molar refractivity (Wildman–Crippen MR) is 458 cm³/mol. The largest absolute Gasteiger partial charge is 0.311 e. The molecule has 2 aliphatic rings. The molecule has 4 nitrogen and oxygen atoms in total. The summed E-state index contributed by atoms with van der Waals surface area (Å²) in [6.45, 7) is 20.9. The van der Waals surface area contributed by atoms with Crippen molar-refractivity contribution in [1.82, 2.24) is 4.57 Å². The molecule has 0 unspecified atom stereocenters. The molecule has 0 fully saturated rings. The zero-order valence-electron chi connectivity index (χ0n) is 62.4. The van der Waals surface area contributed by atoms with Crippen molar-refractivity contribution in [2.45, 2.75) is 78.6 Å². The number of aromatic nitrogens is 1. The maximum atomic E-state index is 2.73. The number of benzene rings is 15. The highest BCUT2D eigenvalue weighted by Gasteiger charge is 2.46. The van der Waals surface area contributed by atoms with Gasteiger partial charge in [-0.05, 0) is 208 Å². The summed E-state index contributed by atoms with van der Waals surface area (Å²) in [6, 6.07) is 133. The van der Waals surface area contributed by atoms with Crippen LogP contribution in [0.1, 0.15) is 79.0 Å². The van der Waals surface area contributed by atoms with E-state index in [0.717, 1.165) is 129 Å². The highest BCUT2D eigenvalue weighted by Crippen LogP contribution is 2.54. The zero-order valence-corrected chi connectivity index (χ0v) is 62.4. The van der Waals surface area contributed by atoms with Gasteiger partial charge in [0.05, 0.1) is 22.4 Å². The fourth-order valence-corrected chi connectivity index (χ4v) is 16.6. The number of rotatable bonds is 12. The Morgan fingerprint density at radius 3 is 1.13 bits per heavy atom. The van der Waals surface area contributed by atoms with Gasteiger partial charge in [-0.1, -0.05) is 311 Å². The van der Waals surface area contributed by atoms with Crippen LogP contribution in [-0.4, -0.2) is 11.3 Å². The molecule has 0 saturated heterocycles. The van der Waals surface area contributed by atoms with Gasteiger partial charge < -0.3 is 19.3 Å². The Balaban J connectivity index is 1.02. The molecule has 516 valence electrons. The summed E-state index contributed by atoms with van der Waals surface area (Å²) in [5.74, 6) is 0. The Hall–Kier alpha value is -12.4. The third kappa shape index (κ3) is 12.0. The van der Waals surface area contributed by atoms with Gasteiger partial charge in [0.2, 0.25) is 0 Å². The Morgan fingerprint density at radius 2 is 0.645 bits per heavy atom. The molecule has 0 atom stereocenters. The van der Waals surface area contributed by atoms with Crippen LogP contribution < -0.4 is 31.1 Å². The highest BCUT2D eigenvalue weighted by atomic mass is 15.2. The molecule has 0 N–H and O–H groups in total. The molecule has 0 amide bonds. The van der Waals surface area contributed by atoms with Crippen molar-refractivity contribution in [2.24, 2.45) is 0 Å². The molecular formula is C102H85BN4. The predicted octanol–water partition coefficient (Wildman–Crippen LogP) is 26.2. The van der Waals surface area contributed by atoms with Crippen molar-refractivity contribution in [2.75, 3.05) is 14.7 Å². The molecule has 0 radical (unpaired) electrons. The van der Waals surface area contributed by atoms with E-state index in [1.54, 1.807) is 0 Å². The van der Waals surface area contributed by atoms with E-state index in [1.807, 2.05) is 0 Å². The fourth-order valence-electron chi connectivity index (χ4n) is 16.6. The molecule has 3 heterocycles. The molecule has 0 spiro atoms. The Kier molecular flexibility index (Phi) is 16.4. The summed E-state index contributed by atoms with van der Waals surface area (Å²) in [5, 5.41) is 2.33. The van der Waals surface area contributed by atoms with Crippen molar-refractivity contribution in [3.8, 4) is 72.4 Å². The maximum absolute atomic E-state index is 2.73. The van der Waals surface area contributed by atoms with Crippen LogP contribution in [0.2, 0.25) is 0 Å². The molecule has 18 rings (SSSR count). The topological polar surface area (TPSA) is 14.7 Å². The summed E-state index contributed by atoms with van der Waals surface area (Å²) in [7, 11) is 0. The molecule has 107 heavy (non-hydrogen) atoms. The summed E-state index contributed by atoms with van der Waals surface area (Å²) in [4.78, 5) is 7.76. The first-order valence-corrected chi connectivity index (χ1v) is 37.7. The third-order valence-corrected chi connectivity index (χ3v) is 22.1. The first-order chi connectivity index (χ1) is 52.0. The van der Waals surface area contributed by atoms with Crippen molar-refractivity contribution in [3.63, 3.8) is 0 Å². The van der Waals surface area contributed by atoms with E-state index in [0.29, 0.717) is 0 Å². The minimum absolute atomic E-state index is 0.109. The molecule has 1 aromatic heterocycles. The van der Waals surface area contributed by atoms with Gasteiger partial charge in [-0.3, -0.25) is 0 Å². The van der Waals surface area contributed by atoms with E-state index in [1.165, 1.54) is 49.6 Å². The number of fused-ring (bicyclic) bond motifs is 7. The fraction of sp³-hybridized carbons (Fsp3) is 0.118. The van der Waals surface area contributed by atoms with Crippen molar-refractivity contribution < 1.29 is 0 Å². The van der Waals surface area contributed by atoms with Gasteiger partial charge in [0, 0.05) is 67.4 Å². The van der Waals surface area contributed by atoms with Gasteiger partial charge in [0.25, 0.3) is 6.71 Å². The number of para-hydroxylation sites is 3. The van der Waals surface area contributed by atoms with Crippen molar-refractivity contribution >= 4 is 96.1 Å². The monoisotopic (exact) mass is 1380 g/mol. The van der Waals surface area contributed by atoms with Crippen LogP contribution in [0.4, 0.5) is 51.2 Å². The number of hydrogen-bond donors (Lipinski definition) is 0. The van der Waals surface area contributed by atoms with Crippen LogP contribution >= 0.6 is 0 Å². The summed E-state index contributed by atoms with van der Waals surface area (Å²) in [5.41, 5.74) is 34.2. The average molecular weight is 1380 g/mol. The molecule has 2 aliphatic heterocycles. The van der Waals surface area contributed by atoms with Gasteiger partial charge in [-0.2, -0.15) is 0 Å². The zero-order chi connectivity index (χ0) is 72.9. The van der Waals surface area contributed by atoms with Crippen LogP contribution in [-0.2, 0) is 16.2 Å².